The van der Waals surface area contributed by atoms with Crippen LogP contribution < -0.4 is 15.4 Å². The molecular weight excluding hydrogens is 282 g/mol. The fraction of sp³-hybridized carbons (Fsp3) is 0.438. The molecule has 22 heavy (non-hydrogen) atoms. The van der Waals surface area contributed by atoms with E-state index in [-0.39, 0.29) is 5.91 Å². The Bertz CT molecular complexity index is 594. The Kier molecular flexibility index (Phi) is 4.20. The van der Waals surface area contributed by atoms with Crippen molar-refractivity contribution in [3.63, 3.8) is 0 Å². The highest BCUT2D eigenvalue weighted by Crippen LogP contribution is 2.33. The first-order chi connectivity index (χ1) is 10.7. The summed E-state index contributed by atoms with van der Waals surface area (Å²) in [6.45, 7) is 3.48. The summed E-state index contributed by atoms with van der Waals surface area (Å²) in [5.41, 5.74) is 7.94. The monoisotopic (exact) mass is 303 g/mol. The SMILES string of the molecule is COc1cc(N)ccc1N1CCC=C(N2CCOCC2)C1=O. The molecule has 2 aliphatic heterocycles. The molecule has 0 saturated carbocycles. The highest BCUT2D eigenvalue weighted by atomic mass is 16.5. The van der Waals surface area contributed by atoms with Crippen LogP contribution in [-0.4, -0.2) is 50.8 Å². The van der Waals surface area contributed by atoms with Gasteiger partial charge in [-0.2, -0.15) is 0 Å². The van der Waals surface area contributed by atoms with Crippen LogP contribution in [0.2, 0.25) is 0 Å². The number of carbonyl (C=O) groups excluding carboxylic acids is 1. The molecule has 0 atom stereocenters. The number of rotatable bonds is 3. The number of ether oxygens (including phenoxy) is 2. The van der Waals surface area contributed by atoms with Crippen LogP contribution in [-0.2, 0) is 9.53 Å². The number of methoxy groups -OCH3 is 1. The maximum absolute atomic E-state index is 12.9. The largest absolute Gasteiger partial charge is 0.494 e. The van der Waals surface area contributed by atoms with Crippen LogP contribution in [0.5, 0.6) is 5.75 Å². The Morgan fingerprint density at radius 3 is 2.73 bits per heavy atom. The standard InChI is InChI=1S/C16H21N3O3/c1-21-15-11-12(17)4-5-13(15)19-6-2-3-14(16(19)20)18-7-9-22-10-8-18/h3-5,11H,2,6-10,17H2,1H3. The first kappa shape index (κ1) is 14.7. The normalized spacial score (nSPS) is 19.1. The maximum atomic E-state index is 12.9. The molecule has 1 fully saturated rings. The summed E-state index contributed by atoms with van der Waals surface area (Å²) in [5.74, 6) is 0.632. The van der Waals surface area contributed by atoms with Crippen LogP contribution in [0.25, 0.3) is 0 Å². The predicted octanol–water partition coefficient (Wildman–Crippen LogP) is 1.23. The molecule has 0 spiro atoms. The molecule has 1 saturated heterocycles. The lowest BCUT2D eigenvalue weighted by molar-refractivity contribution is -0.117. The van der Waals surface area contributed by atoms with Crippen molar-refractivity contribution in [2.24, 2.45) is 0 Å². The predicted molar refractivity (Wildman–Crippen MR) is 84.9 cm³/mol. The van der Waals surface area contributed by atoms with Crippen molar-refractivity contribution in [3.8, 4) is 5.75 Å². The second-order valence-electron chi connectivity index (χ2n) is 5.37. The molecule has 1 amide bonds. The highest BCUT2D eigenvalue weighted by molar-refractivity contribution is 6.07. The third-order valence-electron chi connectivity index (χ3n) is 4.00. The van der Waals surface area contributed by atoms with E-state index in [0.717, 1.165) is 30.9 Å². The number of nitrogens with two attached hydrogens (primary N) is 1. The van der Waals surface area contributed by atoms with Gasteiger partial charge in [-0.1, -0.05) is 6.08 Å². The van der Waals surface area contributed by atoms with E-state index in [0.29, 0.717) is 31.2 Å². The van der Waals surface area contributed by atoms with Gasteiger partial charge in [0.25, 0.3) is 5.91 Å². The Hall–Kier alpha value is -2.21. The van der Waals surface area contributed by atoms with Gasteiger partial charge in [0.15, 0.2) is 0 Å². The van der Waals surface area contributed by atoms with Crippen molar-refractivity contribution < 1.29 is 14.3 Å². The van der Waals surface area contributed by atoms with Crippen LogP contribution >= 0.6 is 0 Å². The molecular formula is C16H21N3O3. The van der Waals surface area contributed by atoms with Crippen LogP contribution in [0.3, 0.4) is 0 Å². The van der Waals surface area contributed by atoms with Gasteiger partial charge in [0.05, 0.1) is 31.7 Å². The van der Waals surface area contributed by atoms with E-state index in [4.69, 9.17) is 15.2 Å². The molecule has 3 rings (SSSR count). The van der Waals surface area contributed by atoms with Gasteiger partial charge in [-0.3, -0.25) is 4.79 Å². The molecule has 2 heterocycles. The minimum Gasteiger partial charge on any atom is -0.494 e. The van der Waals surface area contributed by atoms with Gasteiger partial charge < -0.3 is 25.0 Å². The fourth-order valence-corrected chi connectivity index (χ4v) is 2.87. The molecule has 1 aromatic carbocycles. The van der Waals surface area contributed by atoms with E-state index in [9.17, 15) is 4.79 Å². The molecule has 0 aromatic heterocycles. The van der Waals surface area contributed by atoms with Gasteiger partial charge >= 0.3 is 0 Å². The zero-order valence-electron chi connectivity index (χ0n) is 12.7. The van der Waals surface area contributed by atoms with Gasteiger partial charge in [-0.15, -0.1) is 0 Å². The molecule has 0 aliphatic carbocycles. The van der Waals surface area contributed by atoms with E-state index in [1.165, 1.54) is 0 Å². The van der Waals surface area contributed by atoms with Gasteiger partial charge in [0.1, 0.15) is 5.75 Å². The van der Waals surface area contributed by atoms with Gasteiger partial charge in [-0.05, 0) is 18.6 Å². The van der Waals surface area contributed by atoms with Crippen LogP contribution in [0, 0.1) is 0 Å². The molecule has 0 bridgehead atoms. The number of anilines is 2. The van der Waals surface area contributed by atoms with Crippen molar-refractivity contribution in [1.29, 1.82) is 0 Å². The topological polar surface area (TPSA) is 68.0 Å². The zero-order chi connectivity index (χ0) is 15.5. The van der Waals surface area contributed by atoms with E-state index in [1.54, 1.807) is 24.1 Å². The van der Waals surface area contributed by atoms with E-state index in [2.05, 4.69) is 4.90 Å². The fourth-order valence-electron chi connectivity index (χ4n) is 2.87. The number of hydrogen-bond acceptors (Lipinski definition) is 5. The average Bonchev–Trinajstić information content (AvgIpc) is 2.56. The third-order valence-corrected chi connectivity index (χ3v) is 4.00. The van der Waals surface area contributed by atoms with Gasteiger partial charge in [-0.25, -0.2) is 0 Å². The van der Waals surface area contributed by atoms with Gasteiger partial charge in [0, 0.05) is 31.4 Å². The smallest absolute Gasteiger partial charge is 0.274 e. The Morgan fingerprint density at radius 2 is 2.00 bits per heavy atom. The lowest BCUT2D eigenvalue weighted by Crippen LogP contribution is -2.45. The third kappa shape index (κ3) is 2.74. The number of hydrogen-bond donors (Lipinski definition) is 1. The van der Waals surface area contributed by atoms with Crippen LogP contribution in [0.4, 0.5) is 11.4 Å². The van der Waals surface area contributed by atoms with E-state index < -0.39 is 0 Å². The Labute approximate surface area is 130 Å². The Balaban J connectivity index is 1.87. The van der Waals surface area contributed by atoms with Crippen LogP contribution in [0.1, 0.15) is 6.42 Å². The molecule has 2 N–H and O–H groups in total. The Morgan fingerprint density at radius 1 is 1.23 bits per heavy atom. The summed E-state index contributed by atoms with van der Waals surface area (Å²) in [5, 5.41) is 0. The van der Waals surface area contributed by atoms with Crippen LogP contribution in [0.15, 0.2) is 30.0 Å². The summed E-state index contributed by atoms with van der Waals surface area (Å²) in [6.07, 6.45) is 2.85. The van der Waals surface area contributed by atoms with E-state index in [1.807, 2.05) is 12.1 Å². The molecule has 118 valence electrons. The quantitative estimate of drug-likeness (QED) is 0.851. The number of nitrogens with zero attached hydrogens (tertiary/aromatic N) is 2. The lowest BCUT2D eigenvalue weighted by Gasteiger charge is -2.36. The number of amides is 1. The summed E-state index contributed by atoms with van der Waals surface area (Å²) in [6, 6.07) is 5.38. The molecule has 0 unspecified atom stereocenters. The van der Waals surface area contributed by atoms with Crippen molar-refractivity contribution in [1.82, 2.24) is 4.90 Å². The first-order valence-electron chi connectivity index (χ1n) is 7.49. The summed E-state index contributed by atoms with van der Waals surface area (Å²) >= 11 is 0. The number of carbonyl (C=O) groups is 1. The lowest BCUT2D eigenvalue weighted by atomic mass is 10.1. The number of nitrogen functional groups attached to an aromatic ring is 1. The number of benzene rings is 1. The molecule has 6 nitrogen and oxygen atoms in total. The average molecular weight is 303 g/mol. The van der Waals surface area contributed by atoms with Gasteiger partial charge in [0.2, 0.25) is 0 Å². The minimum absolute atomic E-state index is 0.0104. The second-order valence-corrected chi connectivity index (χ2v) is 5.37. The first-order valence-corrected chi connectivity index (χ1v) is 7.49. The second kappa shape index (κ2) is 6.27. The molecule has 2 aliphatic rings. The van der Waals surface area contributed by atoms with Crippen molar-refractivity contribution >= 4 is 17.3 Å². The van der Waals surface area contributed by atoms with E-state index >= 15 is 0 Å². The van der Waals surface area contributed by atoms with Crippen molar-refractivity contribution in [3.05, 3.63) is 30.0 Å². The number of morpholine rings is 1. The summed E-state index contributed by atoms with van der Waals surface area (Å²) in [4.78, 5) is 16.7. The molecule has 0 radical (unpaired) electrons. The van der Waals surface area contributed by atoms with Crippen molar-refractivity contribution in [2.75, 3.05) is 50.6 Å². The minimum atomic E-state index is 0.0104. The highest BCUT2D eigenvalue weighted by Gasteiger charge is 2.29. The summed E-state index contributed by atoms with van der Waals surface area (Å²) in [7, 11) is 1.59. The summed E-state index contributed by atoms with van der Waals surface area (Å²) < 4.78 is 10.7. The molecule has 1 aromatic rings. The maximum Gasteiger partial charge on any atom is 0.274 e. The van der Waals surface area contributed by atoms with Crippen molar-refractivity contribution in [2.45, 2.75) is 6.42 Å². The molecule has 6 heteroatoms. The zero-order valence-corrected chi connectivity index (χ0v) is 12.7.